The summed E-state index contributed by atoms with van der Waals surface area (Å²) >= 11 is 0. The van der Waals surface area contributed by atoms with Gasteiger partial charge in [0, 0.05) is 48.6 Å². The minimum atomic E-state index is -3.71. The first-order chi connectivity index (χ1) is 17.7. The van der Waals surface area contributed by atoms with Crippen LogP contribution in [-0.4, -0.2) is 42.6 Å². The van der Waals surface area contributed by atoms with E-state index >= 15 is 0 Å². The molecule has 1 heterocycles. The fraction of sp³-hybridized carbons (Fsp3) is 0.429. The lowest BCUT2D eigenvalue weighted by Gasteiger charge is -2.28. The van der Waals surface area contributed by atoms with E-state index in [4.69, 9.17) is 5.11 Å². The Hall–Kier alpha value is -3.17. The average Bonchev–Trinajstić information content (AvgIpc) is 3.22. The number of carbonyl (C=O) groups excluding carboxylic acids is 1. The molecule has 1 fully saturated rings. The van der Waals surface area contributed by atoms with Crippen LogP contribution < -0.4 is 10.0 Å². The normalized spacial score (nSPS) is 18.1. The molecule has 0 saturated heterocycles. The minimum absolute atomic E-state index is 0.0447. The number of sulfonamides is 1. The van der Waals surface area contributed by atoms with Crippen molar-refractivity contribution in [1.29, 1.82) is 0 Å². The van der Waals surface area contributed by atoms with E-state index in [0.717, 1.165) is 34.1 Å². The third-order valence-electron chi connectivity index (χ3n) is 7.17. The first-order valence-electron chi connectivity index (χ1n) is 12.9. The maximum absolute atomic E-state index is 13.2. The zero-order chi connectivity index (χ0) is 26.6. The molecule has 1 amide bonds. The second-order valence-corrected chi connectivity index (χ2v) is 11.6. The Labute approximate surface area is 218 Å². The highest BCUT2D eigenvalue weighted by Crippen LogP contribution is 2.30. The predicted molar refractivity (Wildman–Crippen MR) is 144 cm³/mol. The van der Waals surface area contributed by atoms with Gasteiger partial charge in [-0.1, -0.05) is 37.3 Å². The molecule has 1 aromatic heterocycles. The van der Waals surface area contributed by atoms with Gasteiger partial charge in [-0.2, -0.15) is 0 Å². The molecule has 2 aromatic carbocycles. The molecule has 0 spiro atoms. The van der Waals surface area contributed by atoms with Crippen LogP contribution in [-0.2, 0) is 33.1 Å². The van der Waals surface area contributed by atoms with Crippen molar-refractivity contribution >= 4 is 32.8 Å². The van der Waals surface area contributed by atoms with Crippen LogP contribution in [0.2, 0.25) is 0 Å². The Morgan fingerprint density at radius 1 is 1.03 bits per heavy atom. The summed E-state index contributed by atoms with van der Waals surface area (Å²) in [5, 5.41) is 12.8. The molecular weight excluding hydrogens is 490 g/mol. The van der Waals surface area contributed by atoms with Gasteiger partial charge in [-0.25, -0.2) is 13.1 Å². The van der Waals surface area contributed by atoms with Gasteiger partial charge in [0.25, 0.3) is 0 Å². The number of carbonyl (C=O) groups is 2. The number of nitrogens with zero attached hydrogens (tertiary/aromatic N) is 1. The van der Waals surface area contributed by atoms with E-state index in [9.17, 15) is 18.0 Å². The van der Waals surface area contributed by atoms with Crippen molar-refractivity contribution in [1.82, 2.24) is 14.6 Å². The molecule has 1 aliphatic carbocycles. The molecule has 198 valence electrons. The van der Waals surface area contributed by atoms with Gasteiger partial charge in [-0.05, 0) is 67.9 Å². The predicted octanol–water partition coefficient (Wildman–Crippen LogP) is 4.23. The zero-order valence-electron chi connectivity index (χ0n) is 21.4. The van der Waals surface area contributed by atoms with Gasteiger partial charge in [-0.3, -0.25) is 9.59 Å². The number of benzene rings is 2. The summed E-state index contributed by atoms with van der Waals surface area (Å²) < 4.78 is 31.2. The second-order valence-electron chi connectivity index (χ2n) is 9.86. The monoisotopic (exact) mass is 525 g/mol. The molecule has 0 bridgehead atoms. The van der Waals surface area contributed by atoms with Crippen LogP contribution in [0.4, 0.5) is 0 Å². The van der Waals surface area contributed by atoms with Crippen LogP contribution >= 0.6 is 0 Å². The Morgan fingerprint density at radius 2 is 1.73 bits per heavy atom. The Bertz CT molecular complexity index is 1370. The van der Waals surface area contributed by atoms with Crippen LogP contribution in [0.3, 0.4) is 0 Å². The van der Waals surface area contributed by atoms with Gasteiger partial charge in [0.15, 0.2) is 0 Å². The van der Waals surface area contributed by atoms with E-state index < -0.39 is 16.0 Å². The summed E-state index contributed by atoms with van der Waals surface area (Å²) in [6, 6.07) is 14.8. The molecule has 0 unspecified atom stereocenters. The SMILES string of the molecule is CCCNC(=O)C1CCC(NS(=O)(=O)c2ccc3cc(-c4ccc(CCC(=O)O)cc4)n(C)c3c2)CC1. The Balaban J connectivity index is 1.46. The number of aromatic nitrogens is 1. The van der Waals surface area contributed by atoms with Gasteiger partial charge in [0.1, 0.15) is 0 Å². The van der Waals surface area contributed by atoms with Crippen LogP contribution in [0.1, 0.15) is 51.0 Å². The first-order valence-corrected chi connectivity index (χ1v) is 14.4. The average molecular weight is 526 g/mol. The van der Waals surface area contributed by atoms with Crippen LogP contribution in [0, 0.1) is 5.92 Å². The number of carboxylic acid groups (broad SMARTS) is 1. The molecule has 1 aliphatic rings. The van der Waals surface area contributed by atoms with Gasteiger partial charge in [-0.15, -0.1) is 0 Å². The van der Waals surface area contributed by atoms with Gasteiger partial charge >= 0.3 is 5.97 Å². The number of aryl methyl sites for hydroxylation is 2. The van der Waals surface area contributed by atoms with E-state index in [1.54, 1.807) is 12.1 Å². The summed E-state index contributed by atoms with van der Waals surface area (Å²) in [5.41, 5.74) is 3.69. The summed E-state index contributed by atoms with van der Waals surface area (Å²) in [5.74, 6) is -0.791. The summed E-state index contributed by atoms with van der Waals surface area (Å²) in [6.07, 6.45) is 4.11. The second kappa shape index (κ2) is 11.5. The van der Waals surface area contributed by atoms with Gasteiger partial charge in [0.05, 0.1) is 4.90 Å². The van der Waals surface area contributed by atoms with Crippen molar-refractivity contribution in [3.8, 4) is 11.3 Å². The number of amides is 1. The highest BCUT2D eigenvalue weighted by molar-refractivity contribution is 7.89. The highest BCUT2D eigenvalue weighted by Gasteiger charge is 2.29. The molecule has 0 aliphatic heterocycles. The molecule has 4 rings (SSSR count). The number of rotatable bonds is 10. The summed E-state index contributed by atoms with van der Waals surface area (Å²) in [4.78, 5) is 23.3. The molecule has 1 saturated carbocycles. The molecule has 8 nitrogen and oxygen atoms in total. The van der Waals surface area contributed by atoms with Crippen LogP contribution in [0.5, 0.6) is 0 Å². The summed E-state index contributed by atoms with van der Waals surface area (Å²) in [6.45, 7) is 2.69. The third-order valence-corrected chi connectivity index (χ3v) is 8.69. The lowest BCUT2D eigenvalue weighted by Crippen LogP contribution is -2.41. The zero-order valence-corrected chi connectivity index (χ0v) is 22.2. The number of hydrogen-bond acceptors (Lipinski definition) is 4. The number of nitrogens with one attached hydrogen (secondary N) is 2. The van der Waals surface area contributed by atoms with Crippen molar-refractivity contribution in [3.05, 3.63) is 54.1 Å². The molecule has 0 atom stereocenters. The smallest absolute Gasteiger partial charge is 0.303 e. The molecule has 0 radical (unpaired) electrons. The van der Waals surface area contributed by atoms with E-state index in [2.05, 4.69) is 10.0 Å². The standard InChI is InChI=1S/C28H35N3O5S/c1-3-16-29-28(34)21-9-12-23(13-10-21)30-37(35,36)24-14-11-22-17-25(31(2)26(22)18-24)20-7-4-19(5-8-20)6-15-27(32)33/h4-5,7-8,11,14,17-18,21,23,30H,3,6,9-10,12-13,15-16H2,1-2H3,(H,29,34)(H,32,33). The quantitative estimate of drug-likeness (QED) is 0.366. The van der Waals surface area contributed by atoms with E-state index in [1.165, 1.54) is 0 Å². The summed E-state index contributed by atoms with van der Waals surface area (Å²) in [7, 11) is -1.80. The third kappa shape index (κ3) is 6.40. The van der Waals surface area contributed by atoms with Crippen molar-refractivity contribution in [3.63, 3.8) is 0 Å². The van der Waals surface area contributed by atoms with E-state index in [1.807, 2.05) is 54.9 Å². The minimum Gasteiger partial charge on any atom is -0.481 e. The first kappa shape index (κ1) is 26.9. The number of aliphatic carboxylic acids is 1. The number of hydrogen-bond donors (Lipinski definition) is 3. The van der Waals surface area contributed by atoms with Crippen molar-refractivity contribution in [2.75, 3.05) is 6.54 Å². The lowest BCUT2D eigenvalue weighted by molar-refractivity contribution is -0.137. The molecular formula is C28H35N3O5S. The topological polar surface area (TPSA) is 118 Å². The maximum Gasteiger partial charge on any atom is 0.303 e. The van der Waals surface area contributed by atoms with Crippen LogP contribution in [0.15, 0.2) is 53.4 Å². The van der Waals surface area contributed by atoms with Gasteiger partial charge in [0.2, 0.25) is 15.9 Å². The van der Waals surface area contributed by atoms with E-state index in [0.29, 0.717) is 38.6 Å². The van der Waals surface area contributed by atoms with Crippen LogP contribution in [0.25, 0.3) is 22.2 Å². The van der Waals surface area contributed by atoms with Gasteiger partial charge < -0.3 is 15.0 Å². The van der Waals surface area contributed by atoms with Crippen molar-refractivity contribution < 1.29 is 23.1 Å². The Morgan fingerprint density at radius 3 is 2.38 bits per heavy atom. The molecule has 3 aromatic rings. The number of carboxylic acids is 1. The van der Waals surface area contributed by atoms with Crippen molar-refractivity contribution in [2.24, 2.45) is 13.0 Å². The highest BCUT2D eigenvalue weighted by atomic mass is 32.2. The Kier molecular flexibility index (Phi) is 8.34. The van der Waals surface area contributed by atoms with Crippen molar-refractivity contribution in [2.45, 2.75) is 62.8 Å². The lowest BCUT2D eigenvalue weighted by atomic mass is 9.86. The fourth-order valence-electron chi connectivity index (χ4n) is 5.00. The molecule has 37 heavy (non-hydrogen) atoms. The molecule has 9 heteroatoms. The largest absolute Gasteiger partial charge is 0.481 e. The molecule has 3 N–H and O–H groups in total. The maximum atomic E-state index is 13.2. The van der Waals surface area contributed by atoms with E-state index in [-0.39, 0.29) is 29.2 Å². The number of fused-ring (bicyclic) bond motifs is 1. The fourth-order valence-corrected chi connectivity index (χ4v) is 6.33.